The predicted molar refractivity (Wildman–Crippen MR) is 65.1 cm³/mol. The number of aliphatic hydroxyl groups excluding tert-OH is 1. The Morgan fingerprint density at radius 1 is 1.56 bits per heavy atom. The van der Waals surface area contributed by atoms with E-state index in [1.807, 2.05) is 0 Å². The van der Waals surface area contributed by atoms with Gasteiger partial charge in [-0.15, -0.1) is 0 Å². The lowest BCUT2D eigenvalue weighted by Crippen LogP contribution is -2.17. The van der Waals surface area contributed by atoms with Gasteiger partial charge < -0.3 is 9.84 Å². The zero-order chi connectivity index (χ0) is 12.7. The molecule has 1 saturated heterocycles. The van der Waals surface area contributed by atoms with Crippen LogP contribution in [0.4, 0.5) is 0 Å². The summed E-state index contributed by atoms with van der Waals surface area (Å²) in [6, 6.07) is 0. The molecule has 2 aromatic heterocycles. The van der Waals surface area contributed by atoms with Gasteiger partial charge >= 0.3 is 0 Å². The van der Waals surface area contributed by atoms with Crippen molar-refractivity contribution in [3.8, 4) is 0 Å². The van der Waals surface area contributed by atoms with Crippen LogP contribution in [0.15, 0.2) is 12.5 Å². The molecular formula is C11H13ClN4O2. The Balaban J connectivity index is 2.02. The molecule has 6 nitrogen and oxygen atoms in total. The van der Waals surface area contributed by atoms with Gasteiger partial charge in [-0.3, -0.25) is 0 Å². The maximum absolute atomic E-state index is 9.16. The van der Waals surface area contributed by atoms with Crippen LogP contribution in [0, 0.1) is 5.92 Å². The van der Waals surface area contributed by atoms with Crippen molar-refractivity contribution in [2.75, 3.05) is 6.61 Å². The summed E-state index contributed by atoms with van der Waals surface area (Å²) in [5.41, 5.74) is 0.658. The van der Waals surface area contributed by atoms with Crippen molar-refractivity contribution in [3.63, 3.8) is 0 Å². The van der Waals surface area contributed by atoms with Crippen molar-refractivity contribution in [1.82, 2.24) is 19.7 Å². The van der Waals surface area contributed by atoms with Crippen LogP contribution in [-0.4, -0.2) is 37.6 Å². The van der Waals surface area contributed by atoms with Crippen molar-refractivity contribution in [2.45, 2.75) is 25.7 Å². The number of hydrogen-bond acceptors (Lipinski definition) is 5. The highest BCUT2D eigenvalue weighted by Gasteiger charge is 2.34. The van der Waals surface area contributed by atoms with Crippen molar-refractivity contribution in [2.24, 2.45) is 5.92 Å². The van der Waals surface area contributed by atoms with Gasteiger partial charge in [0, 0.05) is 5.92 Å². The first-order valence-corrected chi connectivity index (χ1v) is 6.18. The normalized spacial score (nSPS) is 28.1. The molecule has 1 N–H and O–H groups in total. The van der Waals surface area contributed by atoms with E-state index in [0.29, 0.717) is 16.2 Å². The lowest BCUT2D eigenvalue weighted by Gasteiger charge is -2.16. The van der Waals surface area contributed by atoms with Crippen LogP contribution in [0.2, 0.25) is 5.15 Å². The van der Waals surface area contributed by atoms with E-state index in [0.717, 1.165) is 6.42 Å². The van der Waals surface area contributed by atoms with Crippen LogP contribution in [0.1, 0.15) is 19.6 Å². The molecule has 18 heavy (non-hydrogen) atoms. The van der Waals surface area contributed by atoms with Gasteiger partial charge in [-0.25, -0.2) is 14.6 Å². The summed E-state index contributed by atoms with van der Waals surface area (Å²) in [4.78, 5) is 8.11. The van der Waals surface area contributed by atoms with Gasteiger partial charge in [-0.2, -0.15) is 5.10 Å². The molecule has 2 aromatic rings. The van der Waals surface area contributed by atoms with Crippen molar-refractivity contribution in [3.05, 3.63) is 17.7 Å². The SMILES string of the molecule is C[C@H]1C[C@@H](CO)O[C@H]1n1ncc2c(Cl)ncnc21. The molecule has 0 aromatic carbocycles. The quantitative estimate of drug-likeness (QED) is 0.834. The Labute approximate surface area is 109 Å². The number of halogens is 1. The Hall–Kier alpha value is -1.24. The van der Waals surface area contributed by atoms with Crippen LogP contribution < -0.4 is 0 Å². The minimum atomic E-state index is -0.217. The van der Waals surface area contributed by atoms with E-state index in [9.17, 15) is 0 Å². The highest BCUT2D eigenvalue weighted by Crippen LogP contribution is 2.35. The fourth-order valence-corrected chi connectivity index (χ4v) is 2.53. The first-order valence-electron chi connectivity index (χ1n) is 5.80. The topological polar surface area (TPSA) is 73.1 Å². The zero-order valence-corrected chi connectivity index (χ0v) is 10.6. The first-order chi connectivity index (χ1) is 8.70. The molecule has 1 fully saturated rings. The monoisotopic (exact) mass is 268 g/mol. The predicted octanol–water partition coefficient (Wildman–Crippen LogP) is 1.40. The van der Waals surface area contributed by atoms with Crippen LogP contribution >= 0.6 is 11.6 Å². The Kier molecular flexibility index (Phi) is 2.93. The summed E-state index contributed by atoms with van der Waals surface area (Å²) >= 11 is 5.98. The fraction of sp³-hybridized carbons (Fsp3) is 0.545. The minimum Gasteiger partial charge on any atom is -0.394 e. The lowest BCUT2D eigenvalue weighted by molar-refractivity contribution is -0.0354. The molecule has 0 aliphatic carbocycles. The molecule has 0 unspecified atom stereocenters. The maximum Gasteiger partial charge on any atom is 0.165 e. The Morgan fingerprint density at radius 2 is 2.39 bits per heavy atom. The average Bonchev–Trinajstić information content (AvgIpc) is 2.93. The molecule has 0 radical (unpaired) electrons. The number of fused-ring (bicyclic) bond motifs is 1. The van der Waals surface area contributed by atoms with Crippen molar-refractivity contribution in [1.29, 1.82) is 0 Å². The molecule has 3 atom stereocenters. The Morgan fingerprint density at radius 3 is 3.11 bits per heavy atom. The van der Waals surface area contributed by atoms with Crippen LogP contribution in [-0.2, 0) is 4.74 Å². The largest absolute Gasteiger partial charge is 0.394 e. The molecule has 1 aliphatic rings. The fourth-order valence-electron chi connectivity index (χ4n) is 2.35. The third kappa shape index (κ3) is 1.77. The molecule has 3 heterocycles. The summed E-state index contributed by atoms with van der Waals surface area (Å²) in [7, 11) is 0. The summed E-state index contributed by atoms with van der Waals surface area (Å²) in [5, 5.41) is 14.5. The summed E-state index contributed by atoms with van der Waals surface area (Å²) in [6.45, 7) is 2.09. The van der Waals surface area contributed by atoms with Gasteiger partial charge in [-0.1, -0.05) is 18.5 Å². The van der Waals surface area contributed by atoms with E-state index in [1.165, 1.54) is 6.33 Å². The lowest BCUT2D eigenvalue weighted by atomic mass is 10.1. The second-order valence-electron chi connectivity index (χ2n) is 4.54. The molecule has 96 valence electrons. The molecule has 3 rings (SSSR count). The number of nitrogens with zero attached hydrogens (tertiary/aromatic N) is 4. The minimum absolute atomic E-state index is 0.0236. The van der Waals surface area contributed by atoms with Gasteiger partial charge in [0.2, 0.25) is 0 Å². The molecule has 1 aliphatic heterocycles. The van der Waals surface area contributed by atoms with E-state index in [-0.39, 0.29) is 24.9 Å². The Bertz CT molecular complexity index is 573. The standard InChI is InChI=1S/C11H13ClN4O2/c1-6-2-7(4-17)18-11(6)16-10-8(3-15-16)9(12)13-5-14-10/h3,5-7,11,17H,2,4H2,1H3/t6-,7-,11+/m0/s1. The summed E-state index contributed by atoms with van der Waals surface area (Å²) in [5.74, 6) is 0.263. The number of aliphatic hydroxyl groups is 1. The summed E-state index contributed by atoms with van der Waals surface area (Å²) in [6.07, 6.45) is 3.50. The van der Waals surface area contributed by atoms with E-state index in [2.05, 4.69) is 22.0 Å². The molecule has 0 saturated carbocycles. The van der Waals surface area contributed by atoms with Gasteiger partial charge in [0.1, 0.15) is 11.5 Å². The smallest absolute Gasteiger partial charge is 0.165 e. The van der Waals surface area contributed by atoms with Gasteiger partial charge in [-0.05, 0) is 6.42 Å². The van der Waals surface area contributed by atoms with Crippen LogP contribution in [0.25, 0.3) is 11.0 Å². The third-order valence-corrected chi connectivity index (χ3v) is 3.54. The molecular weight excluding hydrogens is 256 g/mol. The molecule has 7 heteroatoms. The average molecular weight is 269 g/mol. The second-order valence-corrected chi connectivity index (χ2v) is 4.89. The third-order valence-electron chi connectivity index (χ3n) is 3.24. The molecule has 0 amide bonds. The van der Waals surface area contributed by atoms with Gasteiger partial charge in [0.05, 0.1) is 24.3 Å². The first kappa shape index (κ1) is 11.8. The van der Waals surface area contributed by atoms with Crippen molar-refractivity contribution >= 4 is 22.6 Å². The summed E-state index contributed by atoms with van der Waals surface area (Å²) < 4.78 is 7.47. The highest BCUT2D eigenvalue weighted by molar-refractivity contribution is 6.33. The van der Waals surface area contributed by atoms with E-state index < -0.39 is 0 Å². The zero-order valence-electron chi connectivity index (χ0n) is 9.82. The van der Waals surface area contributed by atoms with Gasteiger partial charge in [0.25, 0.3) is 0 Å². The molecule has 0 spiro atoms. The number of rotatable bonds is 2. The highest BCUT2D eigenvalue weighted by atomic mass is 35.5. The van der Waals surface area contributed by atoms with Crippen LogP contribution in [0.5, 0.6) is 0 Å². The van der Waals surface area contributed by atoms with Gasteiger partial charge in [0.15, 0.2) is 11.9 Å². The number of ether oxygens (including phenoxy) is 1. The number of hydrogen-bond donors (Lipinski definition) is 1. The van der Waals surface area contributed by atoms with Crippen LogP contribution in [0.3, 0.4) is 0 Å². The molecule has 0 bridgehead atoms. The number of aromatic nitrogens is 4. The van der Waals surface area contributed by atoms with Crippen molar-refractivity contribution < 1.29 is 9.84 Å². The van der Waals surface area contributed by atoms with E-state index >= 15 is 0 Å². The van der Waals surface area contributed by atoms with E-state index in [1.54, 1.807) is 10.9 Å². The maximum atomic E-state index is 9.16. The van der Waals surface area contributed by atoms with E-state index in [4.69, 9.17) is 21.4 Å². The second kappa shape index (κ2) is 4.46.